The van der Waals surface area contributed by atoms with E-state index in [0.29, 0.717) is 31.9 Å². The third kappa shape index (κ3) is 4.02. The first-order valence-corrected chi connectivity index (χ1v) is 6.48. The van der Waals surface area contributed by atoms with Crippen molar-refractivity contribution in [2.45, 2.75) is 13.1 Å². The van der Waals surface area contributed by atoms with E-state index in [4.69, 9.17) is 9.47 Å². The van der Waals surface area contributed by atoms with Gasteiger partial charge in [0.15, 0.2) is 0 Å². The molecule has 2 rings (SSSR count). The number of hydrogen-bond donors (Lipinski definition) is 2. The van der Waals surface area contributed by atoms with Crippen molar-refractivity contribution in [1.29, 1.82) is 0 Å². The molecule has 0 atom stereocenters. The Labute approximate surface area is 113 Å². The number of methoxy groups -OCH3 is 1. The molecule has 0 bridgehead atoms. The number of ether oxygens (including phenoxy) is 2. The van der Waals surface area contributed by atoms with Gasteiger partial charge in [0.1, 0.15) is 0 Å². The lowest BCUT2D eigenvalue weighted by atomic mass is 10.1. The van der Waals surface area contributed by atoms with Crippen LogP contribution < -0.4 is 10.6 Å². The SMILES string of the molecule is COCCOCCNC(=O)c1ccc2c(c1)CNC2. The van der Waals surface area contributed by atoms with Gasteiger partial charge >= 0.3 is 0 Å². The van der Waals surface area contributed by atoms with Gasteiger partial charge in [-0.05, 0) is 23.3 Å². The Hall–Kier alpha value is -1.43. The normalized spacial score (nSPS) is 13.3. The van der Waals surface area contributed by atoms with E-state index in [9.17, 15) is 4.79 Å². The van der Waals surface area contributed by atoms with Gasteiger partial charge in [0.05, 0.1) is 19.8 Å². The predicted octanol–water partition coefficient (Wildman–Crippen LogP) is 0.683. The summed E-state index contributed by atoms with van der Waals surface area (Å²) in [6.45, 7) is 3.88. The van der Waals surface area contributed by atoms with Crippen molar-refractivity contribution in [2.75, 3.05) is 33.5 Å². The molecule has 0 saturated carbocycles. The van der Waals surface area contributed by atoms with E-state index in [2.05, 4.69) is 10.6 Å². The molecular weight excluding hydrogens is 244 g/mol. The maximum atomic E-state index is 11.9. The summed E-state index contributed by atoms with van der Waals surface area (Å²) in [6, 6.07) is 5.84. The van der Waals surface area contributed by atoms with Gasteiger partial charge in [-0.15, -0.1) is 0 Å². The van der Waals surface area contributed by atoms with Gasteiger partial charge < -0.3 is 20.1 Å². The second-order valence-electron chi connectivity index (χ2n) is 4.45. The molecule has 0 radical (unpaired) electrons. The van der Waals surface area contributed by atoms with Crippen LogP contribution in [0.3, 0.4) is 0 Å². The number of rotatable bonds is 7. The maximum absolute atomic E-state index is 11.9. The molecule has 104 valence electrons. The Bertz CT molecular complexity index is 435. The van der Waals surface area contributed by atoms with Crippen LogP contribution in [0.2, 0.25) is 0 Å². The Morgan fingerprint density at radius 1 is 1.26 bits per heavy atom. The Balaban J connectivity index is 1.74. The van der Waals surface area contributed by atoms with Gasteiger partial charge in [0.25, 0.3) is 5.91 Å². The summed E-state index contributed by atoms with van der Waals surface area (Å²) in [5.74, 6) is -0.0509. The van der Waals surface area contributed by atoms with Crippen molar-refractivity contribution < 1.29 is 14.3 Å². The minimum absolute atomic E-state index is 0.0509. The van der Waals surface area contributed by atoms with E-state index >= 15 is 0 Å². The lowest BCUT2D eigenvalue weighted by Crippen LogP contribution is -2.27. The minimum Gasteiger partial charge on any atom is -0.382 e. The second-order valence-corrected chi connectivity index (χ2v) is 4.45. The summed E-state index contributed by atoms with van der Waals surface area (Å²) >= 11 is 0. The number of carbonyl (C=O) groups is 1. The number of hydrogen-bond acceptors (Lipinski definition) is 4. The number of nitrogens with one attached hydrogen (secondary N) is 2. The summed E-state index contributed by atoms with van der Waals surface area (Å²) in [5, 5.41) is 6.10. The highest BCUT2D eigenvalue weighted by Gasteiger charge is 2.12. The van der Waals surface area contributed by atoms with E-state index < -0.39 is 0 Å². The Morgan fingerprint density at radius 3 is 2.95 bits per heavy atom. The first-order chi connectivity index (χ1) is 9.31. The van der Waals surface area contributed by atoms with Gasteiger partial charge in [0.2, 0.25) is 0 Å². The fourth-order valence-corrected chi connectivity index (χ4v) is 2.02. The summed E-state index contributed by atoms with van der Waals surface area (Å²) < 4.78 is 10.1. The molecule has 5 nitrogen and oxygen atoms in total. The molecule has 1 aliphatic rings. The second kappa shape index (κ2) is 7.23. The Morgan fingerprint density at radius 2 is 2.11 bits per heavy atom. The van der Waals surface area contributed by atoms with Crippen molar-refractivity contribution >= 4 is 5.91 Å². The van der Waals surface area contributed by atoms with Gasteiger partial charge in [0, 0.05) is 32.3 Å². The molecule has 1 aromatic carbocycles. The molecule has 0 aromatic heterocycles. The molecular formula is C14H20N2O3. The van der Waals surface area contributed by atoms with Gasteiger partial charge in [-0.3, -0.25) is 4.79 Å². The molecule has 0 spiro atoms. The average molecular weight is 264 g/mol. The number of amides is 1. The maximum Gasteiger partial charge on any atom is 0.251 e. The van der Waals surface area contributed by atoms with Crippen molar-refractivity contribution in [2.24, 2.45) is 0 Å². The standard InChI is InChI=1S/C14H20N2O3/c1-18-6-7-19-5-4-16-14(17)11-2-3-12-9-15-10-13(12)8-11/h2-3,8,15H,4-7,9-10H2,1H3,(H,16,17). The molecule has 0 aliphatic carbocycles. The van der Waals surface area contributed by atoms with Crippen LogP contribution in [0.25, 0.3) is 0 Å². The van der Waals surface area contributed by atoms with Crippen LogP contribution >= 0.6 is 0 Å². The quantitative estimate of drug-likeness (QED) is 0.711. The molecule has 0 fully saturated rings. The highest BCUT2D eigenvalue weighted by molar-refractivity contribution is 5.94. The zero-order valence-corrected chi connectivity index (χ0v) is 11.2. The highest BCUT2D eigenvalue weighted by atomic mass is 16.5. The van der Waals surface area contributed by atoms with Crippen LogP contribution in [-0.2, 0) is 22.6 Å². The lowest BCUT2D eigenvalue weighted by molar-refractivity contribution is 0.0692. The minimum atomic E-state index is -0.0509. The largest absolute Gasteiger partial charge is 0.382 e. The topological polar surface area (TPSA) is 59.6 Å². The van der Waals surface area contributed by atoms with E-state index in [1.807, 2.05) is 18.2 Å². The third-order valence-corrected chi connectivity index (χ3v) is 3.06. The van der Waals surface area contributed by atoms with Crippen LogP contribution in [0.4, 0.5) is 0 Å². The summed E-state index contributed by atoms with van der Waals surface area (Å²) in [4.78, 5) is 11.9. The predicted molar refractivity (Wildman–Crippen MR) is 72.0 cm³/mol. The lowest BCUT2D eigenvalue weighted by Gasteiger charge is -2.07. The summed E-state index contributed by atoms with van der Waals surface area (Å²) in [5.41, 5.74) is 3.20. The van der Waals surface area contributed by atoms with Crippen LogP contribution in [0.5, 0.6) is 0 Å². The molecule has 1 aliphatic heterocycles. The van der Waals surface area contributed by atoms with Crippen molar-refractivity contribution in [3.05, 3.63) is 34.9 Å². The molecule has 1 heterocycles. The monoisotopic (exact) mass is 264 g/mol. The van der Waals surface area contributed by atoms with E-state index in [1.165, 1.54) is 11.1 Å². The molecule has 19 heavy (non-hydrogen) atoms. The van der Waals surface area contributed by atoms with Crippen molar-refractivity contribution in [3.8, 4) is 0 Å². The molecule has 5 heteroatoms. The fraction of sp³-hybridized carbons (Fsp3) is 0.500. The van der Waals surface area contributed by atoms with E-state index in [1.54, 1.807) is 7.11 Å². The number of benzene rings is 1. The first-order valence-electron chi connectivity index (χ1n) is 6.48. The zero-order chi connectivity index (χ0) is 13.5. The molecule has 1 amide bonds. The van der Waals surface area contributed by atoms with Gasteiger partial charge in [-0.1, -0.05) is 6.07 Å². The smallest absolute Gasteiger partial charge is 0.251 e. The first kappa shape index (κ1) is 14.0. The number of carbonyl (C=O) groups excluding carboxylic acids is 1. The molecule has 1 aromatic rings. The van der Waals surface area contributed by atoms with Gasteiger partial charge in [-0.25, -0.2) is 0 Å². The molecule has 0 saturated heterocycles. The van der Waals surface area contributed by atoms with Crippen molar-refractivity contribution in [1.82, 2.24) is 10.6 Å². The number of fused-ring (bicyclic) bond motifs is 1. The zero-order valence-electron chi connectivity index (χ0n) is 11.2. The third-order valence-electron chi connectivity index (χ3n) is 3.06. The summed E-state index contributed by atoms with van der Waals surface area (Å²) in [6.07, 6.45) is 0. The molecule has 2 N–H and O–H groups in total. The Kier molecular flexibility index (Phi) is 5.32. The van der Waals surface area contributed by atoms with Crippen LogP contribution in [0.1, 0.15) is 21.5 Å². The van der Waals surface area contributed by atoms with Crippen molar-refractivity contribution in [3.63, 3.8) is 0 Å². The molecule has 0 unspecified atom stereocenters. The average Bonchev–Trinajstić information content (AvgIpc) is 2.89. The summed E-state index contributed by atoms with van der Waals surface area (Å²) in [7, 11) is 1.63. The van der Waals surface area contributed by atoms with Crippen LogP contribution in [0, 0.1) is 0 Å². The fourth-order valence-electron chi connectivity index (χ4n) is 2.02. The van der Waals surface area contributed by atoms with Gasteiger partial charge in [-0.2, -0.15) is 0 Å². The highest BCUT2D eigenvalue weighted by Crippen LogP contribution is 2.16. The van der Waals surface area contributed by atoms with E-state index in [-0.39, 0.29) is 5.91 Å². The van der Waals surface area contributed by atoms with Crippen LogP contribution in [0.15, 0.2) is 18.2 Å². The van der Waals surface area contributed by atoms with E-state index in [0.717, 1.165) is 13.1 Å². The van der Waals surface area contributed by atoms with Crippen LogP contribution in [-0.4, -0.2) is 39.4 Å².